The van der Waals surface area contributed by atoms with Crippen LogP contribution >= 0.6 is 0 Å². The number of hydrogen-bond acceptors (Lipinski definition) is 3. The Labute approximate surface area is 229 Å². The molecule has 0 amide bonds. The maximum atomic E-state index is 13.5. The van der Waals surface area contributed by atoms with Gasteiger partial charge in [0.15, 0.2) is 5.82 Å². The number of aromatic nitrogens is 3. The zero-order valence-corrected chi connectivity index (χ0v) is 24.1. The molecule has 2 heterocycles. The number of nitrogens with zero attached hydrogens (tertiary/aromatic N) is 2. The largest absolute Gasteiger partial charge is 0.543 e. The van der Waals surface area contributed by atoms with Gasteiger partial charge in [0.2, 0.25) is 8.32 Å². The van der Waals surface area contributed by atoms with Crippen LogP contribution in [0.15, 0.2) is 89.9 Å². The summed E-state index contributed by atoms with van der Waals surface area (Å²) in [7, 11) is -2.02. The van der Waals surface area contributed by atoms with E-state index < -0.39 is 8.32 Å². The van der Waals surface area contributed by atoms with Crippen LogP contribution in [0, 0.1) is 5.82 Å². The number of H-pyrrole nitrogens is 1. The first-order valence-electron chi connectivity index (χ1n) is 13.2. The third-order valence-electron chi connectivity index (χ3n) is 7.58. The van der Waals surface area contributed by atoms with E-state index in [-0.39, 0.29) is 16.4 Å². The average molecular weight is 540 g/mol. The van der Waals surface area contributed by atoms with Gasteiger partial charge in [-0.25, -0.2) is 9.37 Å². The van der Waals surface area contributed by atoms with Crippen LogP contribution in [-0.4, -0.2) is 22.9 Å². The lowest BCUT2D eigenvalue weighted by molar-refractivity contribution is 0.492. The van der Waals surface area contributed by atoms with Crippen LogP contribution in [-0.2, 0) is 12.8 Å². The van der Waals surface area contributed by atoms with E-state index in [2.05, 4.69) is 51.0 Å². The van der Waals surface area contributed by atoms with Gasteiger partial charge in [0.1, 0.15) is 17.3 Å². The monoisotopic (exact) mass is 539 g/mol. The molecule has 0 saturated heterocycles. The number of hydrogen-bond donors (Lipinski definition) is 1. The van der Waals surface area contributed by atoms with Gasteiger partial charge in [-0.2, -0.15) is 0 Å². The molecule has 0 aromatic heterocycles. The van der Waals surface area contributed by atoms with E-state index in [1.54, 1.807) is 16.7 Å². The van der Waals surface area contributed by atoms with E-state index in [0.29, 0.717) is 24.4 Å². The topological polar surface area (TPSA) is 59.9 Å². The maximum Gasteiger partial charge on any atom is 0.278 e. The number of imidazole rings is 1. The smallest absolute Gasteiger partial charge is 0.278 e. The molecule has 0 spiro atoms. The zero-order chi connectivity index (χ0) is 27.8. The van der Waals surface area contributed by atoms with Crippen molar-refractivity contribution in [3.05, 3.63) is 124 Å². The molecule has 2 aliphatic rings. The number of aromatic amines is 1. The highest BCUT2D eigenvalue weighted by molar-refractivity contribution is 6.74. The van der Waals surface area contributed by atoms with Crippen LogP contribution in [0.2, 0.25) is 18.1 Å². The van der Waals surface area contributed by atoms with Gasteiger partial charge in [-0.1, -0.05) is 75.4 Å². The van der Waals surface area contributed by atoms with Crippen LogP contribution in [0.25, 0.3) is 17.1 Å². The molecular formula is C32H34FN3O2Si. The lowest BCUT2D eigenvalue weighted by Crippen LogP contribution is -2.43. The standard InChI is InChI=1S/C32H34FN3O2Si/c1-32(2,3)39(4,5)38-26-13-9-12-24(20-26)29-21-36-30(27(34-29)18-22-10-7-6-8-11-22)35-28(31(36)37)19-23-14-16-25(33)17-15-23/h6-17,20-21,34H,18-19H2,1-5H3. The zero-order valence-electron chi connectivity index (χ0n) is 23.1. The van der Waals surface area contributed by atoms with Crippen molar-refractivity contribution in [1.82, 2.24) is 14.5 Å². The number of rotatable bonds is 7. The summed E-state index contributed by atoms with van der Waals surface area (Å²) in [6, 6.07) is 24.3. The summed E-state index contributed by atoms with van der Waals surface area (Å²) in [5.41, 5.74) is 4.77. The van der Waals surface area contributed by atoms with Crippen molar-refractivity contribution < 1.29 is 8.82 Å². The highest BCUT2D eigenvalue weighted by Gasteiger charge is 2.39. The van der Waals surface area contributed by atoms with Gasteiger partial charge in [-0.05, 0) is 53.5 Å². The maximum absolute atomic E-state index is 13.5. The van der Waals surface area contributed by atoms with E-state index >= 15 is 0 Å². The Kier molecular flexibility index (Phi) is 7.03. The molecule has 2 aliphatic heterocycles. The fourth-order valence-electron chi connectivity index (χ4n) is 4.33. The Morgan fingerprint density at radius 2 is 1.62 bits per heavy atom. The highest BCUT2D eigenvalue weighted by Crippen LogP contribution is 2.38. The number of nitrogens with one attached hydrogen (secondary N) is 1. The van der Waals surface area contributed by atoms with Gasteiger partial charge in [0.05, 0.1) is 11.4 Å². The Morgan fingerprint density at radius 3 is 2.31 bits per heavy atom. The molecule has 0 unspecified atom stereocenters. The minimum absolute atomic E-state index is 0.0755. The van der Waals surface area contributed by atoms with Crippen LogP contribution < -0.4 is 9.99 Å². The van der Waals surface area contributed by atoms with Crippen molar-refractivity contribution in [2.24, 2.45) is 0 Å². The SMILES string of the molecule is CC(C)(C)[Si](C)(C)Oc1cccc(-c2cn3c(=O)c(Cc4ccc(F)cc4)nc-3c(Cc3ccccc3)[nH]2)c1. The molecule has 39 heavy (non-hydrogen) atoms. The van der Waals surface area contributed by atoms with E-state index in [1.165, 1.54) is 12.1 Å². The van der Waals surface area contributed by atoms with Crippen molar-refractivity contribution in [1.29, 1.82) is 0 Å². The van der Waals surface area contributed by atoms with Crippen molar-refractivity contribution in [2.75, 3.05) is 0 Å². The highest BCUT2D eigenvalue weighted by atomic mass is 28.4. The molecule has 0 atom stereocenters. The number of fused-ring (bicyclic) bond motifs is 1. The van der Waals surface area contributed by atoms with Crippen molar-refractivity contribution >= 4 is 8.32 Å². The quantitative estimate of drug-likeness (QED) is 0.220. The van der Waals surface area contributed by atoms with Crippen molar-refractivity contribution in [2.45, 2.75) is 51.7 Å². The molecule has 0 bridgehead atoms. The summed E-state index contributed by atoms with van der Waals surface area (Å²) in [5.74, 6) is 1.11. The molecule has 5 nitrogen and oxygen atoms in total. The molecule has 0 fully saturated rings. The van der Waals surface area contributed by atoms with Crippen molar-refractivity contribution in [3.8, 4) is 22.8 Å². The summed E-state index contributed by atoms with van der Waals surface area (Å²) >= 11 is 0. The molecule has 5 rings (SSSR count). The fraction of sp³-hybridized carbons (Fsp3) is 0.250. The predicted molar refractivity (Wildman–Crippen MR) is 157 cm³/mol. The Balaban J connectivity index is 1.59. The summed E-state index contributed by atoms with van der Waals surface area (Å²) in [6.45, 7) is 11.1. The summed E-state index contributed by atoms with van der Waals surface area (Å²) < 4.78 is 21.6. The second-order valence-electron chi connectivity index (χ2n) is 11.6. The third-order valence-corrected chi connectivity index (χ3v) is 11.9. The minimum Gasteiger partial charge on any atom is -0.543 e. The average Bonchev–Trinajstić information content (AvgIpc) is 3.20. The van der Waals surface area contributed by atoms with Crippen LogP contribution in [0.4, 0.5) is 4.39 Å². The fourth-order valence-corrected chi connectivity index (χ4v) is 5.36. The normalized spacial score (nSPS) is 12.2. The Bertz CT molecular complexity index is 1620. The van der Waals surface area contributed by atoms with Crippen LogP contribution in [0.5, 0.6) is 5.75 Å². The first-order chi connectivity index (χ1) is 18.5. The van der Waals surface area contributed by atoms with Gasteiger partial charge in [-0.3, -0.25) is 9.36 Å². The van der Waals surface area contributed by atoms with Gasteiger partial charge in [0, 0.05) is 24.6 Å². The molecule has 3 aromatic rings. The first kappa shape index (κ1) is 26.6. The molecule has 0 radical (unpaired) electrons. The lowest BCUT2D eigenvalue weighted by atomic mass is 10.1. The van der Waals surface area contributed by atoms with Gasteiger partial charge < -0.3 is 9.41 Å². The Morgan fingerprint density at radius 1 is 0.923 bits per heavy atom. The van der Waals surface area contributed by atoms with E-state index in [4.69, 9.17) is 9.41 Å². The molecular weight excluding hydrogens is 505 g/mol. The summed E-state index contributed by atoms with van der Waals surface area (Å²) in [4.78, 5) is 21.9. The Hall–Kier alpha value is -3.97. The number of halogens is 1. The van der Waals surface area contributed by atoms with Gasteiger partial charge >= 0.3 is 0 Å². The minimum atomic E-state index is -2.02. The van der Waals surface area contributed by atoms with Gasteiger partial charge in [-0.15, -0.1) is 0 Å². The van der Waals surface area contributed by atoms with Crippen molar-refractivity contribution in [3.63, 3.8) is 0 Å². The molecule has 1 N–H and O–H groups in total. The molecule has 7 heteroatoms. The second-order valence-corrected chi connectivity index (χ2v) is 16.3. The van der Waals surface area contributed by atoms with Crippen LogP contribution in [0.1, 0.15) is 43.3 Å². The predicted octanol–water partition coefficient (Wildman–Crippen LogP) is 7.37. The lowest BCUT2D eigenvalue weighted by Gasteiger charge is -2.36. The molecule has 0 saturated carbocycles. The molecule has 0 aliphatic carbocycles. The van der Waals surface area contributed by atoms with E-state index in [0.717, 1.165) is 33.8 Å². The second kappa shape index (κ2) is 10.3. The summed E-state index contributed by atoms with van der Waals surface area (Å²) in [6.07, 6.45) is 2.74. The van der Waals surface area contributed by atoms with E-state index in [1.807, 2.05) is 48.7 Å². The number of benzene rings is 3. The summed E-state index contributed by atoms with van der Waals surface area (Å²) in [5, 5.41) is 0.0755. The van der Waals surface area contributed by atoms with E-state index in [9.17, 15) is 9.18 Å². The third kappa shape index (κ3) is 5.73. The van der Waals surface area contributed by atoms with Crippen LogP contribution in [0.3, 0.4) is 0 Å². The van der Waals surface area contributed by atoms with Gasteiger partial charge in [0.25, 0.3) is 5.56 Å². The molecule has 3 aromatic carbocycles. The first-order valence-corrected chi connectivity index (χ1v) is 16.1. The molecule has 200 valence electrons.